The van der Waals surface area contributed by atoms with Crippen LogP contribution in [0.3, 0.4) is 0 Å². The van der Waals surface area contributed by atoms with Gasteiger partial charge >= 0.3 is 12.3 Å². The fourth-order valence-electron chi connectivity index (χ4n) is 0.123. The minimum atomic E-state index is -1.25. The number of ether oxygens (including phenoxy) is 2. The Kier molecular flexibility index (Phi) is 9.50. The molecule has 0 aliphatic rings. The first-order valence-electron chi connectivity index (χ1n) is 2.67. The molecule has 0 aliphatic carbocycles. The predicted molar refractivity (Wildman–Crippen MR) is 34.7 cm³/mol. The Morgan fingerprint density at radius 1 is 1.27 bits per heavy atom. The Morgan fingerprint density at radius 2 is 1.64 bits per heavy atom. The van der Waals surface area contributed by atoms with Gasteiger partial charge in [-0.15, -0.1) is 0 Å². The summed E-state index contributed by atoms with van der Waals surface area (Å²) in [5.41, 5.74) is 0. The number of hydrogen-bond donors (Lipinski definition) is 2. The molecule has 0 heterocycles. The number of carbonyl (C=O) groups is 2. The van der Waals surface area contributed by atoms with E-state index in [0.29, 0.717) is 0 Å². The zero-order valence-corrected chi connectivity index (χ0v) is 6.23. The smallest absolute Gasteiger partial charge is 0.450 e. The van der Waals surface area contributed by atoms with Crippen LogP contribution in [0.5, 0.6) is 0 Å². The quantitative estimate of drug-likeness (QED) is 0.564. The molecule has 0 radical (unpaired) electrons. The fourth-order valence-corrected chi connectivity index (χ4v) is 0.123. The van der Waals surface area contributed by atoms with Crippen LogP contribution >= 0.6 is 0 Å². The normalized spacial score (nSPS) is 7.09. The van der Waals surface area contributed by atoms with Gasteiger partial charge < -0.3 is 19.7 Å². The molecule has 0 aliphatic heterocycles. The van der Waals surface area contributed by atoms with Crippen molar-refractivity contribution in [3.8, 4) is 0 Å². The van der Waals surface area contributed by atoms with E-state index in [-0.39, 0.29) is 6.61 Å². The first kappa shape index (κ1) is 12.2. The molecule has 0 aromatic heterocycles. The van der Waals surface area contributed by atoms with E-state index in [1.807, 2.05) is 0 Å². The lowest BCUT2D eigenvalue weighted by Crippen LogP contribution is -1.97. The van der Waals surface area contributed by atoms with E-state index in [0.717, 1.165) is 7.11 Å². The Morgan fingerprint density at radius 3 is 1.64 bits per heavy atom. The molecule has 2 N–H and O–H groups in total. The molecule has 0 atom stereocenters. The summed E-state index contributed by atoms with van der Waals surface area (Å²) in [6.07, 6.45) is -2.46. The summed E-state index contributed by atoms with van der Waals surface area (Å²) in [7, 11) is 1.10. The maximum atomic E-state index is 9.38. The van der Waals surface area contributed by atoms with Crippen LogP contribution in [0.15, 0.2) is 0 Å². The molecule has 0 bridgehead atoms. The third kappa shape index (κ3) is 29.1. The van der Waals surface area contributed by atoms with Crippen molar-refractivity contribution in [1.29, 1.82) is 0 Å². The average Bonchev–Trinajstić information content (AvgIpc) is 1.89. The monoisotopic (exact) mass is 166 g/mol. The van der Waals surface area contributed by atoms with Crippen molar-refractivity contribution in [2.75, 3.05) is 13.7 Å². The van der Waals surface area contributed by atoms with E-state index in [4.69, 9.17) is 15.0 Å². The van der Waals surface area contributed by atoms with E-state index < -0.39 is 12.3 Å². The molecule has 0 unspecified atom stereocenters. The molecule has 6 heteroatoms. The first-order valence-corrected chi connectivity index (χ1v) is 2.67. The van der Waals surface area contributed by atoms with Crippen LogP contribution in [0, 0.1) is 0 Å². The van der Waals surface area contributed by atoms with Crippen LogP contribution in [0.25, 0.3) is 0 Å². The number of methoxy groups -OCH3 is 1. The summed E-state index contributed by atoms with van der Waals surface area (Å²) in [6, 6.07) is 0. The summed E-state index contributed by atoms with van der Waals surface area (Å²) >= 11 is 0. The van der Waals surface area contributed by atoms with Gasteiger partial charge in [0.2, 0.25) is 0 Å². The lowest BCUT2D eigenvalue weighted by atomic mass is 10.9. The molecule has 0 saturated carbocycles. The third-order valence-corrected chi connectivity index (χ3v) is 0.442. The van der Waals surface area contributed by atoms with Crippen LogP contribution in [0.2, 0.25) is 0 Å². The largest absolute Gasteiger partial charge is 0.505 e. The van der Waals surface area contributed by atoms with Crippen molar-refractivity contribution in [3.63, 3.8) is 0 Å². The molecule has 0 spiro atoms. The standard InChI is InChI=1S/C3H6O3.C2H4O3/c1-2-6-3(4)5;1-5-2(3)4/h2H2,1H3,(H,4,5);1H3,(H,3,4). The highest BCUT2D eigenvalue weighted by atomic mass is 16.7. The maximum Gasteiger partial charge on any atom is 0.505 e. The van der Waals surface area contributed by atoms with Gasteiger partial charge in [-0.05, 0) is 6.92 Å². The summed E-state index contributed by atoms with van der Waals surface area (Å²) in [4.78, 5) is 18.5. The van der Waals surface area contributed by atoms with Crippen molar-refractivity contribution in [1.82, 2.24) is 0 Å². The van der Waals surface area contributed by atoms with Gasteiger partial charge in [0.15, 0.2) is 0 Å². The van der Waals surface area contributed by atoms with Crippen LogP contribution < -0.4 is 0 Å². The molecular weight excluding hydrogens is 156 g/mol. The van der Waals surface area contributed by atoms with Gasteiger partial charge in [0.25, 0.3) is 0 Å². The maximum absolute atomic E-state index is 9.38. The van der Waals surface area contributed by atoms with Gasteiger partial charge in [-0.25, -0.2) is 9.59 Å². The van der Waals surface area contributed by atoms with E-state index in [2.05, 4.69) is 9.47 Å². The Hall–Kier alpha value is -1.46. The summed E-state index contributed by atoms with van der Waals surface area (Å²) in [5, 5.41) is 15.2. The molecule has 66 valence electrons. The van der Waals surface area contributed by atoms with Crippen molar-refractivity contribution in [3.05, 3.63) is 0 Å². The lowest BCUT2D eigenvalue weighted by Gasteiger charge is -1.87. The predicted octanol–water partition coefficient (Wildman–Crippen LogP) is 1.01. The molecule has 0 rings (SSSR count). The van der Waals surface area contributed by atoms with E-state index >= 15 is 0 Å². The van der Waals surface area contributed by atoms with Gasteiger partial charge in [0.1, 0.15) is 0 Å². The van der Waals surface area contributed by atoms with Crippen molar-refractivity contribution in [2.24, 2.45) is 0 Å². The van der Waals surface area contributed by atoms with Gasteiger partial charge in [-0.2, -0.15) is 0 Å². The topological polar surface area (TPSA) is 93.1 Å². The van der Waals surface area contributed by atoms with E-state index in [1.165, 1.54) is 0 Å². The zero-order valence-electron chi connectivity index (χ0n) is 6.23. The Labute approximate surface area is 63.3 Å². The van der Waals surface area contributed by atoms with Gasteiger partial charge in [-0.3, -0.25) is 0 Å². The summed E-state index contributed by atoms with van der Waals surface area (Å²) in [6.45, 7) is 1.85. The highest BCUT2D eigenvalue weighted by Crippen LogP contribution is 1.69. The second kappa shape index (κ2) is 8.54. The van der Waals surface area contributed by atoms with Gasteiger partial charge in [0, 0.05) is 0 Å². The number of rotatable bonds is 1. The third-order valence-electron chi connectivity index (χ3n) is 0.442. The minimum Gasteiger partial charge on any atom is -0.450 e. The highest BCUT2D eigenvalue weighted by molar-refractivity contribution is 5.56. The lowest BCUT2D eigenvalue weighted by molar-refractivity contribution is 0.0965. The van der Waals surface area contributed by atoms with E-state index in [1.54, 1.807) is 6.92 Å². The van der Waals surface area contributed by atoms with Crippen LogP contribution in [0.1, 0.15) is 6.92 Å². The summed E-state index contributed by atoms with van der Waals surface area (Å²) < 4.78 is 7.62. The highest BCUT2D eigenvalue weighted by Gasteiger charge is 1.86. The Balaban J connectivity index is 0. The molecule has 0 fully saturated rings. The molecule has 0 aromatic rings. The molecule has 11 heavy (non-hydrogen) atoms. The van der Waals surface area contributed by atoms with Crippen molar-refractivity contribution in [2.45, 2.75) is 6.92 Å². The molecule has 0 saturated heterocycles. The van der Waals surface area contributed by atoms with Crippen LogP contribution in [0.4, 0.5) is 9.59 Å². The molecule has 0 aromatic carbocycles. The summed E-state index contributed by atoms with van der Waals surface area (Å²) in [5.74, 6) is 0. The molecule has 6 nitrogen and oxygen atoms in total. The zero-order chi connectivity index (χ0) is 9.28. The van der Waals surface area contributed by atoms with Gasteiger partial charge in [0.05, 0.1) is 13.7 Å². The van der Waals surface area contributed by atoms with Crippen LogP contribution in [-0.4, -0.2) is 36.2 Å². The minimum absolute atomic E-state index is 0.231. The number of hydrogen-bond acceptors (Lipinski definition) is 4. The fraction of sp³-hybridized carbons (Fsp3) is 0.600. The van der Waals surface area contributed by atoms with E-state index in [9.17, 15) is 4.79 Å². The SMILES string of the molecule is CCOC(=O)O.COC(=O)O. The number of carboxylic acid groups (broad SMARTS) is 2. The second-order valence-electron chi connectivity index (χ2n) is 1.17. The van der Waals surface area contributed by atoms with Gasteiger partial charge in [-0.1, -0.05) is 0 Å². The van der Waals surface area contributed by atoms with Crippen LogP contribution in [-0.2, 0) is 9.47 Å². The molecule has 0 amide bonds. The first-order chi connectivity index (χ1) is 5.04. The Bertz CT molecular complexity index is 120. The second-order valence-corrected chi connectivity index (χ2v) is 1.17. The molecular formula is C5H10O6. The van der Waals surface area contributed by atoms with Crippen molar-refractivity contribution < 1.29 is 29.3 Å². The average molecular weight is 166 g/mol. The van der Waals surface area contributed by atoms with Crippen molar-refractivity contribution >= 4 is 12.3 Å².